The average Bonchev–Trinajstić information content (AvgIpc) is 2.43. The number of halogens is 3. The van der Waals surface area contributed by atoms with Crippen molar-refractivity contribution in [2.75, 3.05) is 5.73 Å². The highest BCUT2D eigenvalue weighted by Gasteiger charge is 2.14. The first-order chi connectivity index (χ1) is 11.8. The second-order valence-electron chi connectivity index (χ2n) is 3.78. The molecule has 106 valence electrons. The van der Waals surface area contributed by atoms with Crippen LogP contribution in [-0.2, 0) is 0 Å². The van der Waals surface area contributed by atoms with Crippen LogP contribution in [0.5, 0.6) is 11.6 Å². The minimum atomic E-state index is -2.86. The van der Waals surface area contributed by atoms with Crippen molar-refractivity contribution in [2.24, 2.45) is 0 Å². The molecule has 0 unspecified atom stereocenters. The third kappa shape index (κ3) is 3.26. The van der Waals surface area contributed by atoms with E-state index < -0.39 is 19.6 Å². The van der Waals surface area contributed by atoms with Crippen molar-refractivity contribution in [3.8, 4) is 11.6 Å². The molecule has 0 amide bonds. The van der Waals surface area contributed by atoms with E-state index in [1.54, 1.807) is 0 Å². The van der Waals surface area contributed by atoms with Crippen LogP contribution >= 0.6 is 34.8 Å². The van der Waals surface area contributed by atoms with Crippen molar-refractivity contribution >= 4 is 40.5 Å². The lowest BCUT2D eigenvalue weighted by molar-refractivity contribution is 0.454. The third-order valence-electron chi connectivity index (χ3n) is 2.29. The lowest BCUT2D eigenvalue weighted by Gasteiger charge is -2.11. The van der Waals surface area contributed by atoms with Crippen molar-refractivity contribution in [2.45, 2.75) is 19.6 Å². The molecular weight excluding hydrogens is 321 g/mol. The van der Waals surface area contributed by atoms with Crippen LogP contribution in [0, 0.1) is 0 Å². The van der Waals surface area contributed by atoms with Crippen LogP contribution in [-0.4, -0.2) is 10.2 Å². The Morgan fingerprint density at radius 1 is 1.15 bits per heavy atom. The monoisotopic (exact) mass is 337 g/mol. The second-order valence-corrected chi connectivity index (χ2v) is 4.95. The maximum absolute atomic E-state index is 7.53. The SMILES string of the molecule is [2H]C([2H])([2H])C(c1cc(Oc2c(Cl)cc(N)cc2Cl)nnc1Cl)C([2H])([2H])[2H]. The molecule has 7 heteroatoms. The number of anilines is 1. The molecule has 0 aliphatic carbocycles. The number of hydrogen-bond acceptors (Lipinski definition) is 4. The maximum atomic E-state index is 7.53. The number of ether oxygens (including phenoxy) is 1. The molecule has 1 heterocycles. The van der Waals surface area contributed by atoms with Gasteiger partial charge in [0.1, 0.15) is 0 Å². The number of rotatable bonds is 3. The zero-order chi connectivity index (χ0) is 19.9. The Kier molecular flexibility index (Phi) is 2.69. The first kappa shape index (κ1) is 8.93. The molecule has 2 rings (SSSR count). The number of hydrogen-bond donors (Lipinski definition) is 1. The van der Waals surface area contributed by atoms with Crippen LogP contribution in [0.3, 0.4) is 0 Å². The van der Waals surface area contributed by atoms with E-state index >= 15 is 0 Å². The Balaban J connectivity index is 2.51. The summed E-state index contributed by atoms with van der Waals surface area (Å²) in [5.74, 6) is -2.10. The first-order valence-electron chi connectivity index (χ1n) is 8.26. The Morgan fingerprint density at radius 2 is 1.80 bits per heavy atom. The van der Waals surface area contributed by atoms with E-state index in [9.17, 15) is 0 Å². The van der Waals surface area contributed by atoms with Crippen molar-refractivity contribution in [1.82, 2.24) is 10.2 Å². The van der Waals surface area contributed by atoms with E-state index in [4.69, 9.17) is 53.5 Å². The molecule has 0 radical (unpaired) electrons. The van der Waals surface area contributed by atoms with E-state index in [1.165, 1.54) is 12.1 Å². The summed E-state index contributed by atoms with van der Waals surface area (Å²) in [6.07, 6.45) is 0. The molecule has 1 aromatic heterocycles. The number of nitrogens with two attached hydrogens (primary N) is 1. The Hall–Kier alpha value is -1.23. The molecule has 20 heavy (non-hydrogen) atoms. The molecule has 0 atom stereocenters. The number of benzene rings is 1. The van der Waals surface area contributed by atoms with Gasteiger partial charge in [-0.3, -0.25) is 0 Å². The summed E-state index contributed by atoms with van der Waals surface area (Å²) in [6.45, 7) is -5.71. The minimum absolute atomic E-state index is 0.00410. The van der Waals surface area contributed by atoms with Gasteiger partial charge >= 0.3 is 0 Å². The van der Waals surface area contributed by atoms with E-state index in [1.807, 2.05) is 0 Å². The van der Waals surface area contributed by atoms with Gasteiger partial charge in [-0.15, -0.1) is 10.2 Å². The van der Waals surface area contributed by atoms with Crippen molar-refractivity contribution in [3.05, 3.63) is 39.0 Å². The summed E-state index contributed by atoms with van der Waals surface area (Å²) >= 11 is 17.9. The van der Waals surface area contributed by atoms with Gasteiger partial charge in [0, 0.05) is 20.0 Å². The molecule has 0 fully saturated rings. The molecule has 0 aliphatic heterocycles. The van der Waals surface area contributed by atoms with Crippen molar-refractivity contribution in [1.29, 1.82) is 0 Å². The maximum Gasteiger partial charge on any atom is 0.239 e. The molecule has 0 bridgehead atoms. The molecule has 2 aromatic rings. The van der Waals surface area contributed by atoms with Gasteiger partial charge in [0.2, 0.25) is 5.88 Å². The summed E-state index contributed by atoms with van der Waals surface area (Å²) in [7, 11) is 0. The van der Waals surface area contributed by atoms with E-state index in [0.29, 0.717) is 5.69 Å². The molecule has 0 saturated carbocycles. The fourth-order valence-corrected chi connectivity index (χ4v) is 2.19. The predicted octanol–water partition coefficient (Wildman–Crippen LogP) is 4.93. The van der Waals surface area contributed by atoms with Crippen molar-refractivity contribution < 1.29 is 13.0 Å². The second kappa shape index (κ2) is 6.04. The highest BCUT2D eigenvalue weighted by molar-refractivity contribution is 6.37. The van der Waals surface area contributed by atoms with E-state index in [2.05, 4.69) is 10.2 Å². The number of nitrogens with zero attached hydrogens (tertiary/aromatic N) is 2. The first-order valence-corrected chi connectivity index (χ1v) is 6.39. The Bertz CT molecular complexity index is 791. The van der Waals surface area contributed by atoms with Gasteiger partial charge < -0.3 is 10.5 Å². The van der Waals surface area contributed by atoms with Crippen LogP contribution < -0.4 is 10.5 Å². The van der Waals surface area contributed by atoms with Gasteiger partial charge in [-0.1, -0.05) is 48.5 Å². The number of nitrogen functional groups attached to an aromatic ring is 1. The molecule has 0 saturated heterocycles. The third-order valence-corrected chi connectivity index (χ3v) is 3.15. The highest BCUT2D eigenvalue weighted by Crippen LogP contribution is 2.38. The van der Waals surface area contributed by atoms with Crippen LogP contribution in [0.15, 0.2) is 18.2 Å². The smallest absolute Gasteiger partial charge is 0.239 e. The number of aromatic nitrogens is 2. The zero-order valence-electron chi connectivity index (χ0n) is 15.8. The Labute approximate surface area is 140 Å². The van der Waals surface area contributed by atoms with Gasteiger partial charge in [-0.2, -0.15) is 0 Å². The molecule has 0 aliphatic rings. The van der Waals surface area contributed by atoms with Crippen LogP contribution in [0.1, 0.15) is 33.4 Å². The van der Waals surface area contributed by atoms with E-state index in [0.717, 1.165) is 6.07 Å². The normalized spacial score (nSPS) is 16.6. The Morgan fingerprint density at radius 3 is 2.40 bits per heavy atom. The lowest BCUT2D eigenvalue weighted by Crippen LogP contribution is -1.98. The molecule has 4 nitrogen and oxygen atoms in total. The lowest BCUT2D eigenvalue weighted by atomic mass is 10.1. The molecule has 2 N–H and O–H groups in total. The van der Waals surface area contributed by atoms with Crippen LogP contribution in [0.2, 0.25) is 15.2 Å². The fourth-order valence-electron chi connectivity index (χ4n) is 1.41. The molecule has 0 spiro atoms. The van der Waals surface area contributed by atoms with Gasteiger partial charge in [0.15, 0.2) is 10.9 Å². The highest BCUT2D eigenvalue weighted by atomic mass is 35.5. The van der Waals surface area contributed by atoms with Gasteiger partial charge in [0.05, 0.1) is 10.0 Å². The largest absolute Gasteiger partial charge is 0.434 e. The topological polar surface area (TPSA) is 61.0 Å². The molecule has 1 aromatic carbocycles. The average molecular weight is 339 g/mol. The van der Waals surface area contributed by atoms with Crippen LogP contribution in [0.25, 0.3) is 0 Å². The van der Waals surface area contributed by atoms with E-state index in [-0.39, 0.29) is 32.4 Å². The fraction of sp³-hybridized carbons (Fsp3) is 0.231. The van der Waals surface area contributed by atoms with Crippen LogP contribution in [0.4, 0.5) is 5.69 Å². The van der Waals surface area contributed by atoms with Gasteiger partial charge in [0.25, 0.3) is 0 Å². The summed E-state index contributed by atoms with van der Waals surface area (Å²) < 4.78 is 50.6. The van der Waals surface area contributed by atoms with Gasteiger partial charge in [-0.25, -0.2) is 0 Å². The standard InChI is InChI=1S/C13H12Cl3N3O/c1-6(2)8-5-11(18-19-13(8)16)20-12-9(14)3-7(17)4-10(12)15/h3-6H,17H2,1-2H3/i1D3,2D3. The summed E-state index contributed by atoms with van der Waals surface area (Å²) in [4.78, 5) is 0. The minimum Gasteiger partial charge on any atom is -0.434 e. The summed E-state index contributed by atoms with van der Waals surface area (Å²) in [6, 6.07) is 3.86. The predicted molar refractivity (Wildman–Crippen MR) is 82.1 cm³/mol. The summed E-state index contributed by atoms with van der Waals surface area (Å²) in [5, 5.41) is 7.05. The molecular formula is C13H12Cl3N3O. The zero-order valence-corrected chi connectivity index (χ0v) is 12.1. The van der Waals surface area contributed by atoms with Gasteiger partial charge in [-0.05, 0) is 23.6 Å². The summed E-state index contributed by atoms with van der Waals surface area (Å²) in [5.41, 5.74) is 5.66. The van der Waals surface area contributed by atoms with Crippen molar-refractivity contribution in [3.63, 3.8) is 0 Å². The quantitative estimate of drug-likeness (QED) is 0.806.